The van der Waals surface area contributed by atoms with E-state index in [0.29, 0.717) is 0 Å². The Labute approximate surface area is 104 Å². The maximum atomic E-state index is 9.66. The van der Waals surface area contributed by atoms with Crippen LogP contribution in [0.15, 0.2) is 12.0 Å². The number of rotatable bonds is 3. The minimum Gasteiger partial charge on any atom is -0.514 e. The summed E-state index contributed by atoms with van der Waals surface area (Å²) in [6, 6.07) is 0. The third-order valence-corrected chi connectivity index (χ3v) is 4.26. The zero-order chi connectivity index (χ0) is 12.1. The lowest BCUT2D eigenvalue weighted by Crippen LogP contribution is -2.54. The Morgan fingerprint density at radius 3 is 2.41 bits per heavy atom. The first-order valence-corrected chi connectivity index (χ1v) is 6.82. The summed E-state index contributed by atoms with van der Waals surface area (Å²) in [5.74, 6) is 0. The van der Waals surface area contributed by atoms with Gasteiger partial charge >= 0.3 is 0 Å². The van der Waals surface area contributed by atoms with Crippen molar-refractivity contribution in [1.82, 2.24) is 15.5 Å². The standard InChI is InChI=1S/C13H25N3O/c1-14-13(5-3-2-4-6-13)12(11-17)16-9-7-15-8-10-16/h11,14-15,17H,2-10H2,1H3/b12-11+. The number of nitrogens with one attached hydrogen (secondary N) is 2. The fourth-order valence-electron chi connectivity index (χ4n) is 3.20. The van der Waals surface area contributed by atoms with Crippen LogP contribution < -0.4 is 10.6 Å². The van der Waals surface area contributed by atoms with E-state index in [9.17, 15) is 5.11 Å². The molecule has 0 aromatic carbocycles. The zero-order valence-electron chi connectivity index (χ0n) is 10.8. The number of hydrogen-bond acceptors (Lipinski definition) is 4. The van der Waals surface area contributed by atoms with Crippen molar-refractivity contribution in [1.29, 1.82) is 0 Å². The third-order valence-electron chi connectivity index (χ3n) is 4.26. The van der Waals surface area contributed by atoms with Crippen LogP contribution in [0, 0.1) is 0 Å². The largest absolute Gasteiger partial charge is 0.514 e. The molecule has 0 unspecified atom stereocenters. The minimum atomic E-state index is 0.00431. The molecule has 0 aromatic heterocycles. The van der Waals surface area contributed by atoms with Gasteiger partial charge in [-0.3, -0.25) is 0 Å². The average molecular weight is 239 g/mol. The fraction of sp³-hybridized carbons (Fsp3) is 0.846. The van der Waals surface area contributed by atoms with Gasteiger partial charge in [0.05, 0.1) is 11.2 Å². The van der Waals surface area contributed by atoms with Crippen LogP contribution >= 0.6 is 0 Å². The molecule has 1 aliphatic carbocycles. The Morgan fingerprint density at radius 2 is 1.88 bits per heavy atom. The first kappa shape index (κ1) is 12.7. The summed E-state index contributed by atoms with van der Waals surface area (Å²) in [7, 11) is 2.02. The molecule has 1 saturated heterocycles. The zero-order valence-corrected chi connectivity index (χ0v) is 10.8. The van der Waals surface area contributed by atoms with Crippen molar-refractivity contribution in [3.8, 4) is 0 Å². The van der Waals surface area contributed by atoms with Gasteiger partial charge in [0.2, 0.25) is 0 Å². The van der Waals surface area contributed by atoms with Gasteiger partial charge in [-0.1, -0.05) is 19.3 Å². The average Bonchev–Trinajstić information content (AvgIpc) is 2.42. The monoisotopic (exact) mass is 239 g/mol. The van der Waals surface area contributed by atoms with E-state index in [0.717, 1.165) is 44.7 Å². The summed E-state index contributed by atoms with van der Waals surface area (Å²) < 4.78 is 0. The molecule has 3 N–H and O–H groups in total. The number of likely N-dealkylation sites (N-methyl/N-ethyl adjacent to an activating group) is 1. The molecule has 1 saturated carbocycles. The Morgan fingerprint density at radius 1 is 1.24 bits per heavy atom. The quantitative estimate of drug-likeness (QED) is 0.648. The van der Waals surface area contributed by atoms with Crippen LogP contribution in [0.5, 0.6) is 0 Å². The van der Waals surface area contributed by atoms with E-state index in [2.05, 4.69) is 15.5 Å². The van der Waals surface area contributed by atoms with Crippen molar-refractivity contribution >= 4 is 0 Å². The van der Waals surface area contributed by atoms with E-state index in [1.165, 1.54) is 25.5 Å². The lowest BCUT2D eigenvalue weighted by Gasteiger charge is -2.44. The van der Waals surface area contributed by atoms with Gasteiger partial charge in [-0.25, -0.2) is 0 Å². The molecular weight excluding hydrogens is 214 g/mol. The number of hydrogen-bond donors (Lipinski definition) is 3. The Balaban J connectivity index is 2.14. The maximum absolute atomic E-state index is 9.66. The van der Waals surface area contributed by atoms with Gasteiger partial charge in [-0.2, -0.15) is 0 Å². The molecule has 0 radical (unpaired) electrons. The summed E-state index contributed by atoms with van der Waals surface area (Å²) in [6.45, 7) is 4.01. The SMILES string of the molecule is CNC1(/C(=C\O)N2CCNCC2)CCCCC1. The van der Waals surface area contributed by atoms with Crippen LogP contribution in [0.2, 0.25) is 0 Å². The summed E-state index contributed by atoms with van der Waals surface area (Å²) in [6.07, 6.45) is 7.45. The molecular formula is C13H25N3O. The molecule has 17 heavy (non-hydrogen) atoms. The number of aliphatic hydroxyl groups excluding tert-OH is 1. The van der Waals surface area contributed by atoms with E-state index in [-0.39, 0.29) is 5.54 Å². The molecule has 0 atom stereocenters. The summed E-state index contributed by atoms with van der Waals surface area (Å²) in [5, 5.41) is 16.5. The highest BCUT2D eigenvalue weighted by Gasteiger charge is 2.37. The van der Waals surface area contributed by atoms with Crippen LogP contribution in [-0.4, -0.2) is 48.8 Å². The Bertz CT molecular complexity index is 266. The lowest BCUT2D eigenvalue weighted by atomic mass is 9.79. The summed E-state index contributed by atoms with van der Waals surface area (Å²) in [5.41, 5.74) is 1.10. The predicted octanol–water partition coefficient (Wildman–Crippen LogP) is 1.21. The molecule has 2 fully saturated rings. The van der Waals surface area contributed by atoms with Crippen LogP contribution in [0.3, 0.4) is 0 Å². The third kappa shape index (κ3) is 2.58. The molecule has 1 heterocycles. The maximum Gasteiger partial charge on any atom is 0.100 e. The van der Waals surface area contributed by atoms with Gasteiger partial charge in [0.1, 0.15) is 6.26 Å². The van der Waals surface area contributed by atoms with Crippen molar-refractivity contribution in [2.24, 2.45) is 0 Å². The van der Waals surface area contributed by atoms with Crippen LogP contribution in [0.25, 0.3) is 0 Å². The highest BCUT2D eigenvalue weighted by Crippen LogP contribution is 2.35. The minimum absolute atomic E-state index is 0.00431. The Hall–Kier alpha value is -0.740. The van der Waals surface area contributed by atoms with E-state index in [1.54, 1.807) is 0 Å². The van der Waals surface area contributed by atoms with Gasteiger partial charge < -0.3 is 20.6 Å². The van der Waals surface area contributed by atoms with Crippen molar-refractivity contribution in [2.45, 2.75) is 37.6 Å². The fourth-order valence-corrected chi connectivity index (χ4v) is 3.20. The second-order valence-corrected chi connectivity index (χ2v) is 5.14. The molecule has 0 amide bonds. The molecule has 1 aliphatic heterocycles. The van der Waals surface area contributed by atoms with Crippen LogP contribution in [0.4, 0.5) is 0 Å². The summed E-state index contributed by atoms with van der Waals surface area (Å²) >= 11 is 0. The van der Waals surface area contributed by atoms with Crippen molar-refractivity contribution in [3.05, 3.63) is 12.0 Å². The number of aliphatic hydroxyl groups is 1. The van der Waals surface area contributed by atoms with Crippen molar-refractivity contribution in [3.63, 3.8) is 0 Å². The number of piperazine rings is 1. The van der Waals surface area contributed by atoms with Gasteiger partial charge in [0.15, 0.2) is 0 Å². The molecule has 2 aliphatic rings. The molecule has 0 spiro atoms. The van der Waals surface area contributed by atoms with Crippen molar-refractivity contribution in [2.75, 3.05) is 33.2 Å². The molecule has 4 heteroatoms. The Kier molecular flexibility index (Phi) is 4.29. The highest BCUT2D eigenvalue weighted by molar-refractivity contribution is 5.19. The summed E-state index contributed by atoms with van der Waals surface area (Å²) in [4.78, 5) is 2.33. The highest BCUT2D eigenvalue weighted by atomic mass is 16.2. The normalized spacial score (nSPS) is 25.9. The molecule has 98 valence electrons. The second-order valence-electron chi connectivity index (χ2n) is 5.14. The van der Waals surface area contributed by atoms with Gasteiger partial charge in [0, 0.05) is 26.2 Å². The van der Waals surface area contributed by atoms with Gasteiger partial charge in [-0.15, -0.1) is 0 Å². The van der Waals surface area contributed by atoms with Crippen LogP contribution in [-0.2, 0) is 0 Å². The van der Waals surface area contributed by atoms with E-state index in [1.807, 2.05) is 7.05 Å². The van der Waals surface area contributed by atoms with Gasteiger partial charge in [0.25, 0.3) is 0 Å². The van der Waals surface area contributed by atoms with E-state index < -0.39 is 0 Å². The van der Waals surface area contributed by atoms with Crippen LogP contribution in [0.1, 0.15) is 32.1 Å². The van der Waals surface area contributed by atoms with Gasteiger partial charge in [-0.05, 0) is 19.9 Å². The first-order chi connectivity index (χ1) is 8.32. The van der Waals surface area contributed by atoms with E-state index >= 15 is 0 Å². The number of nitrogens with zero attached hydrogens (tertiary/aromatic N) is 1. The molecule has 2 rings (SSSR count). The predicted molar refractivity (Wildman–Crippen MR) is 70.0 cm³/mol. The first-order valence-electron chi connectivity index (χ1n) is 6.82. The molecule has 4 nitrogen and oxygen atoms in total. The molecule has 0 bridgehead atoms. The van der Waals surface area contributed by atoms with Crippen molar-refractivity contribution < 1.29 is 5.11 Å². The topological polar surface area (TPSA) is 47.5 Å². The lowest BCUT2D eigenvalue weighted by molar-refractivity contribution is 0.185. The second kappa shape index (κ2) is 5.74. The van der Waals surface area contributed by atoms with E-state index in [4.69, 9.17) is 0 Å². The smallest absolute Gasteiger partial charge is 0.100 e. The molecule has 0 aromatic rings.